The van der Waals surface area contributed by atoms with Crippen molar-refractivity contribution in [2.45, 2.75) is 25.3 Å². The molecule has 1 atom stereocenters. The van der Waals surface area contributed by atoms with E-state index >= 15 is 0 Å². The minimum absolute atomic E-state index is 0.789. The van der Waals surface area contributed by atoms with E-state index in [9.17, 15) is 0 Å². The van der Waals surface area contributed by atoms with Crippen LogP contribution in [0.4, 0.5) is 0 Å². The molecule has 2 heterocycles. The molecule has 0 aromatic rings. The summed E-state index contributed by atoms with van der Waals surface area (Å²) in [6, 6.07) is 0.789. The minimum atomic E-state index is 0.789. The molecule has 2 nitrogen and oxygen atoms in total. The molecule has 13 heavy (non-hydrogen) atoms. The second-order valence-corrected chi connectivity index (χ2v) is 5.28. The Labute approximate surface area is 85.4 Å². The first-order valence-electron chi connectivity index (χ1n) is 5.48. The molecule has 2 aliphatic rings. The first kappa shape index (κ1) is 9.81. The van der Waals surface area contributed by atoms with Crippen LogP contribution < -0.4 is 5.32 Å². The van der Waals surface area contributed by atoms with Gasteiger partial charge in [0.05, 0.1) is 0 Å². The van der Waals surface area contributed by atoms with Gasteiger partial charge in [0.15, 0.2) is 0 Å². The monoisotopic (exact) mass is 200 g/mol. The van der Waals surface area contributed by atoms with Crippen molar-refractivity contribution in [3.8, 4) is 0 Å². The molecule has 0 aromatic heterocycles. The van der Waals surface area contributed by atoms with E-state index in [4.69, 9.17) is 0 Å². The summed E-state index contributed by atoms with van der Waals surface area (Å²) in [6.45, 7) is 5.15. The second kappa shape index (κ2) is 5.23. The molecule has 0 unspecified atom stereocenters. The van der Waals surface area contributed by atoms with E-state index in [1.54, 1.807) is 0 Å². The molecule has 0 saturated carbocycles. The molecule has 3 heteroatoms. The molecule has 0 aromatic carbocycles. The Morgan fingerprint density at radius 3 is 2.77 bits per heavy atom. The molecule has 1 N–H and O–H groups in total. The smallest absolute Gasteiger partial charge is 0.0195 e. The molecule has 0 aliphatic carbocycles. The summed E-state index contributed by atoms with van der Waals surface area (Å²) < 4.78 is 0. The molecule has 0 amide bonds. The van der Waals surface area contributed by atoms with Crippen LogP contribution in [0.5, 0.6) is 0 Å². The zero-order valence-electron chi connectivity index (χ0n) is 8.30. The summed E-state index contributed by atoms with van der Waals surface area (Å²) in [5.41, 5.74) is 0. The fraction of sp³-hybridized carbons (Fsp3) is 1.00. The Morgan fingerprint density at radius 1 is 1.23 bits per heavy atom. The fourth-order valence-corrected chi connectivity index (χ4v) is 3.15. The molecule has 2 aliphatic heterocycles. The van der Waals surface area contributed by atoms with Crippen LogP contribution >= 0.6 is 11.8 Å². The summed E-state index contributed by atoms with van der Waals surface area (Å²) in [7, 11) is 0. The van der Waals surface area contributed by atoms with Crippen molar-refractivity contribution in [1.82, 2.24) is 10.2 Å². The SMILES string of the molecule is C1CC[C@@H](CN2CCSCC2)NC1. The Morgan fingerprint density at radius 2 is 2.08 bits per heavy atom. The average Bonchev–Trinajstić information content (AvgIpc) is 2.21. The van der Waals surface area contributed by atoms with E-state index in [0.29, 0.717) is 0 Å². The Kier molecular flexibility index (Phi) is 3.94. The van der Waals surface area contributed by atoms with Crippen LogP contribution in [0.3, 0.4) is 0 Å². The van der Waals surface area contributed by atoms with Crippen molar-refractivity contribution >= 4 is 11.8 Å². The Balaban J connectivity index is 1.69. The van der Waals surface area contributed by atoms with Crippen molar-refractivity contribution in [2.24, 2.45) is 0 Å². The van der Waals surface area contributed by atoms with Crippen molar-refractivity contribution in [3.05, 3.63) is 0 Å². The highest BCUT2D eigenvalue weighted by Gasteiger charge is 2.17. The summed E-state index contributed by atoms with van der Waals surface area (Å²) in [6.07, 6.45) is 4.20. The van der Waals surface area contributed by atoms with E-state index < -0.39 is 0 Å². The van der Waals surface area contributed by atoms with Gasteiger partial charge >= 0.3 is 0 Å². The van der Waals surface area contributed by atoms with Gasteiger partial charge in [-0.1, -0.05) is 6.42 Å². The molecule has 2 rings (SSSR count). The van der Waals surface area contributed by atoms with Crippen LogP contribution in [0.2, 0.25) is 0 Å². The molecular formula is C10H20N2S. The maximum atomic E-state index is 3.62. The first-order chi connectivity index (χ1) is 6.45. The van der Waals surface area contributed by atoms with Gasteiger partial charge in [0.25, 0.3) is 0 Å². The lowest BCUT2D eigenvalue weighted by Gasteiger charge is -2.32. The highest BCUT2D eigenvalue weighted by Crippen LogP contribution is 2.12. The highest BCUT2D eigenvalue weighted by atomic mass is 32.2. The maximum Gasteiger partial charge on any atom is 0.0195 e. The Bertz CT molecular complexity index is 124. The maximum absolute atomic E-state index is 3.62. The molecule has 76 valence electrons. The number of hydrogen-bond donors (Lipinski definition) is 1. The lowest BCUT2D eigenvalue weighted by Crippen LogP contribution is -2.46. The van der Waals surface area contributed by atoms with Gasteiger partial charge in [0.1, 0.15) is 0 Å². The number of hydrogen-bond acceptors (Lipinski definition) is 3. The van der Waals surface area contributed by atoms with Gasteiger partial charge in [0.2, 0.25) is 0 Å². The van der Waals surface area contributed by atoms with Gasteiger partial charge in [-0.05, 0) is 19.4 Å². The van der Waals surface area contributed by atoms with Gasteiger partial charge in [-0.25, -0.2) is 0 Å². The topological polar surface area (TPSA) is 15.3 Å². The lowest BCUT2D eigenvalue weighted by atomic mass is 10.0. The zero-order valence-corrected chi connectivity index (χ0v) is 9.11. The van der Waals surface area contributed by atoms with Gasteiger partial charge in [0, 0.05) is 37.2 Å². The Hall–Kier alpha value is 0.270. The van der Waals surface area contributed by atoms with Gasteiger partial charge < -0.3 is 10.2 Å². The summed E-state index contributed by atoms with van der Waals surface area (Å²) in [5, 5.41) is 3.62. The number of rotatable bonds is 2. The fourth-order valence-electron chi connectivity index (χ4n) is 2.18. The van der Waals surface area contributed by atoms with Crippen LogP contribution in [0.25, 0.3) is 0 Å². The van der Waals surface area contributed by atoms with Crippen LogP contribution in [-0.4, -0.2) is 48.6 Å². The number of piperidine rings is 1. The van der Waals surface area contributed by atoms with Crippen molar-refractivity contribution < 1.29 is 0 Å². The number of nitrogens with one attached hydrogen (secondary N) is 1. The number of thioether (sulfide) groups is 1. The zero-order chi connectivity index (χ0) is 8.93. The van der Waals surface area contributed by atoms with E-state index in [2.05, 4.69) is 22.0 Å². The second-order valence-electron chi connectivity index (χ2n) is 4.06. The number of nitrogens with zero attached hydrogens (tertiary/aromatic N) is 1. The molecule has 2 fully saturated rings. The average molecular weight is 200 g/mol. The standard InChI is InChI=1S/C10H20N2S/c1-2-4-11-10(3-1)9-12-5-7-13-8-6-12/h10-11H,1-9H2/t10-/m0/s1. The third-order valence-electron chi connectivity index (χ3n) is 2.99. The predicted octanol–water partition coefficient (Wildman–Crippen LogP) is 1.18. The largest absolute Gasteiger partial charge is 0.313 e. The van der Waals surface area contributed by atoms with Crippen LogP contribution in [0.1, 0.15) is 19.3 Å². The van der Waals surface area contributed by atoms with Crippen LogP contribution in [0.15, 0.2) is 0 Å². The van der Waals surface area contributed by atoms with E-state index in [0.717, 1.165) is 6.04 Å². The van der Waals surface area contributed by atoms with E-state index in [1.165, 1.54) is 56.9 Å². The summed E-state index contributed by atoms with van der Waals surface area (Å²) in [4.78, 5) is 2.62. The summed E-state index contributed by atoms with van der Waals surface area (Å²) in [5.74, 6) is 2.68. The molecule has 0 bridgehead atoms. The van der Waals surface area contributed by atoms with Gasteiger partial charge in [-0.2, -0.15) is 11.8 Å². The van der Waals surface area contributed by atoms with Gasteiger partial charge in [-0.3, -0.25) is 0 Å². The van der Waals surface area contributed by atoms with Crippen molar-refractivity contribution in [1.29, 1.82) is 0 Å². The third kappa shape index (κ3) is 3.15. The summed E-state index contributed by atoms with van der Waals surface area (Å²) >= 11 is 2.10. The molecular weight excluding hydrogens is 180 g/mol. The lowest BCUT2D eigenvalue weighted by molar-refractivity contribution is 0.242. The quantitative estimate of drug-likeness (QED) is 0.720. The minimum Gasteiger partial charge on any atom is -0.313 e. The molecule has 2 saturated heterocycles. The predicted molar refractivity (Wildman–Crippen MR) is 59.4 cm³/mol. The van der Waals surface area contributed by atoms with E-state index in [-0.39, 0.29) is 0 Å². The third-order valence-corrected chi connectivity index (χ3v) is 3.94. The normalized spacial score (nSPS) is 31.8. The van der Waals surface area contributed by atoms with Crippen LogP contribution in [0, 0.1) is 0 Å². The van der Waals surface area contributed by atoms with E-state index in [1.807, 2.05) is 0 Å². The van der Waals surface area contributed by atoms with Crippen LogP contribution in [-0.2, 0) is 0 Å². The molecule has 0 radical (unpaired) electrons. The van der Waals surface area contributed by atoms with Crippen molar-refractivity contribution in [3.63, 3.8) is 0 Å². The highest BCUT2D eigenvalue weighted by molar-refractivity contribution is 7.99. The van der Waals surface area contributed by atoms with Crippen molar-refractivity contribution in [2.75, 3.05) is 37.7 Å². The first-order valence-corrected chi connectivity index (χ1v) is 6.64. The molecule has 0 spiro atoms. The van der Waals surface area contributed by atoms with Gasteiger partial charge in [-0.15, -0.1) is 0 Å².